The Balaban J connectivity index is 1.34. The van der Waals surface area contributed by atoms with Crippen molar-refractivity contribution in [3.8, 4) is 11.5 Å². The molecule has 0 aliphatic carbocycles. The van der Waals surface area contributed by atoms with E-state index in [-0.39, 0.29) is 0 Å². The van der Waals surface area contributed by atoms with Gasteiger partial charge in [0.05, 0.1) is 25.3 Å². The zero-order valence-corrected chi connectivity index (χ0v) is 22.2. The average Bonchev–Trinajstić information content (AvgIpc) is 2.92. The first-order chi connectivity index (χ1) is 18.2. The molecule has 0 aromatic heterocycles. The van der Waals surface area contributed by atoms with Crippen molar-refractivity contribution in [1.29, 1.82) is 0 Å². The van der Waals surface area contributed by atoms with Crippen molar-refractivity contribution in [2.24, 2.45) is 5.10 Å². The summed E-state index contributed by atoms with van der Waals surface area (Å²) < 4.78 is 36.9. The summed E-state index contributed by atoms with van der Waals surface area (Å²) in [5, 5.41) is 6.35. The van der Waals surface area contributed by atoms with Gasteiger partial charge in [-0.05, 0) is 83.4 Å². The topological polar surface area (TPSA) is 97.3 Å². The van der Waals surface area contributed by atoms with Gasteiger partial charge in [0.25, 0.3) is 5.91 Å². The van der Waals surface area contributed by atoms with Gasteiger partial charge in [-0.2, -0.15) is 5.10 Å². The Hall–Kier alpha value is -4.37. The minimum atomic E-state index is -3.73. The van der Waals surface area contributed by atoms with Crippen LogP contribution >= 0.6 is 0 Å². The smallest absolute Gasteiger partial charge is 0.263 e. The minimum absolute atomic E-state index is 0.346. The molecular formula is C29H29N3O5S. The number of hydrogen-bond donors (Lipinski definition) is 1. The summed E-state index contributed by atoms with van der Waals surface area (Å²) >= 11 is 0. The maximum Gasteiger partial charge on any atom is 0.263 e. The number of hydrogen-bond acceptors (Lipinski definition) is 6. The summed E-state index contributed by atoms with van der Waals surface area (Å²) in [5.74, 6) is 0.711. The SMILES string of the molecule is COc1ccc(N([C@H](C)C(=O)N/N=C\c2ccc(OCc3ccc4ccccc4c3)cc2)S(C)(=O)=O)cc1. The van der Waals surface area contributed by atoms with Crippen LogP contribution in [0.4, 0.5) is 5.69 Å². The highest BCUT2D eigenvalue weighted by molar-refractivity contribution is 7.92. The van der Waals surface area contributed by atoms with E-state index >= 15 is 0 Å². The first-order valence-corrected chi connectivity index (χ1v) is 13.8. The highest BCUT2D eigenvalue weighted by atomic mass is 32.2. The van der Waals surface area contributed by atoms with Gasteiger partial charge < -0.3 is 9.47 Å². The fourth-order valence-electron chi connectivity index (χ4n) is 3.95. The number of anilines is 1. The van der Waals surface area contributed by atoms with Gasteiger partial charge in [0, 0.05) is 0 Å². The van der Waals surface area contributed by atoms with Crippen LogP contribution in [0.25, 0.3) is 10.8 Å². The summed E-state index contributed by atoms with van der Waals surface area (Å²) in [5.41, 5.74) is 4.58. The number of nitrogens with one attached hydrogen (secondary N) is 1. The fourth-order valence-corrected chi connectivity index (χ4v) is 5.12. The van der Waals surface area contributed by atoms with Crippen LogP contribution in [0, 0.1) is 0 Å². The summed E-state index contributed by atoms with van der Waals surface area (Å²) in [7, 11) is -2.22. The van der Waals surface area contributed by atoms with Crippen molar-refractivity contribution in [2.45, 2.75) is 19.6 Å². The quantitative estimate of drug-likeness (QED) is 0.236. The second-order valence-electron chi connectivity index (χ2n) is 8.71. The number of benzene rings is 4. The molecule has 0 saturated heterocycles. The number of nitrogens with zero attached hydrogens (tertiary/aromatic N) is 2. The molecule has 8 nitrogen and oxygen atoms in total. The number of sulfonamides is 1. The molecule has 0 aliphatic rings. The third-order valence-corrected chi connectivity index (χ3v) is 7.14. The Bertz CT molecular complexity index is 1540. The molecule has 4 aromatic carbocycles. The van der Waals surface area contributed by atoms with Crippen LogP contribution in [0.3, 0.4) is 0 Å². The number of rotatable bonds is 10. The Morgan fingerprint density at radius 2 is 1.61 bits per heavy atom. The zero-order valence-electron chi connectivity index (χ0n) is 21.4. The van der Waals surface area contributed by atoms with Crippen LogP contribution in [0.5, 0.6) is 11.5 Å². The molecule has 0 radical (unpaired) electrons. The largest absolute Gasteiger partial charge is 0.497 e. The van der Waals surface area contributed by atoms with E-state index in [1.54, 1.807) is 24.3 Å². The molecule has 0 bridgehead atoms. The predicted octanol–water partition coefficient (Wildman–Crippen LogP) is 4.73. The Labute approximate surface area is 222 Å². The maximum atomic E-state index is 12.7. The van der Waals surface area contributed by atoms with Crippen LogP contribution in [-0.4, -0.2) is 39.9 Å². The molecule has 38 heavy (non-hydrogen) atoms. The van der Waals surface area contributed by atoms with Gasteiger partial charge in [0.2, 0.25) is 10.0 Å². The van der Waals surface area contributed by atoms with Crippen LogP contribution < -0.4 is 19.2 Å². The molecular weight excluding hydrogens is 502 g/mol. The number of hydrazone groups is 1. The molecule has 196 valence electrons. The second-order valence-corrected chi connectivity index (χ2v) is 10.6. The standard InChI is InChI=1S/C29H29N3O5S/c1-21(32(38(3,34)35)26-12-16-27(36-2)17-13-26)29(33)31-30-19-22-9-14-28(15-10-22)37-20-23-8-11-24-6-4-5-7-25(24)18-23/h4-19,21H,20H2,1-3H3,(H,31,33)/b30-19-/t21-/m1/s1. The van der Waals surface area contributed by atoms with E-state index < -0.39 is 22.0 Å². The van der Waals surface area contributed by atoms with Gasteiger partial charge in [-0.25, -0.2) is 13.8 Å². The Morgan fingerprint density at radius 3 is 2.26 bits per heavy atom. The van der Waals surface area contributed by atoms with E-state index in [0.29, 0.717) is 23.8 Å². The van der Waals surface area contributed by atoms with Crippen molar-refractivity contribution in [1.82, 2.24) is 5.43 Å². The molecule has 1 N–H and O–H groups in total. The zero-order chi connectivity index (χ0) is 27.1. The van der Waals surface area contributed by atoms with Crippen molar-refractivity contribution in [3.63, 3.8) is 0 Å². The number of ether oxygens (including phenoxy) is 2. The average molecular weight is 532 g/mol. The molecule has 0 heterocycles. The van der Waals surface area contributed by atoms with Crippen molar-refractivity contribution < 1.29 is 22.7 Å². The van der Waals surface area contributed by atoms with Crippen LogP contribution in [0.15, 0.2) is 96.1 Å². The number of carbonyl (C=O) groups is 1. The van der Waals surface area contributed by atoms with Crippen LogP contribution in [0.1, 0.15) is 18.1 Å². The first-order valence-electron chi connectivity index (χ1n) is 11.9. The van der Waals surface area contributed by atoms with E-state index in [1.807, 2.05) is 42.5 Å². The highest BCUT2D eigenvalue weighted by Gasteiger charge is 2.29. The second kappa shape index (κ2) is 11.8. The van der Waals surface area contributed by atoms with E-state index in [4.69, 9.17) is 9.47 Å². The predicted molar refractivity (Wildman–Crippen MR) is 150 cm³/mol. The molecule has 0 aliphatic heterocycles. The van der Waals surface area contributed by atoms with Crippen molar-refractivity contribution >= 4 is 38.6 Å². The normalized spacial score (nSPS) is 12.3. The Kier molecular flexibility index (Phi) is 8.28. The van der Waals surface area contributed by atoms with Gasteiger partial charge in [-0.3, -0.25) is 9.10 Å². The summed E-state index contributed by atoms with van der Waals surface area (Å²) in [6, 6.07) is 27.1. The lowest BCUT2D eigenvalue weighted by atomic mass is 10.1. The lowest BCUT2D eigenvalue weighted by Crippen LogP contribution is -2.46. The molecule has 4 aromatic rings. The summed E-state index contributed by atoms with van der Waals surface area (Å²) in [4.78, 5) is 12.7. The molecule has 0 spiro atoms. The molecule has 0 unspecified atom stereocenters. The third-order valence-electron chi connectivity index (χ3n) is 5.90. The number of amides is 1. The first kappa shape index (κ1) is 26.7. The maximum absolute atomic E-state index is 12.7. The minimum Gasteiger partial charge on any atom is -0.497 e. The van der Waals surface area contributed by atoms with Gasteiger partial charge in [-0.15, -0.1) is 0 Å². The van der Waals surface area contributed by atoms with E-state index in [1.165, 1.54) is 31.0 Å². The summed E-state index contributed by atoms with van der Waals surface area (Å²) in [6.45, 7) is 1.94. The van der Waals surface area contributed by atoms with E-state index in [0.717, 1.165) is 21.7 Å². The lowest BCUT2D eigenvalue weighted by Gasteiger charge is -2.27. The molecule has 4 rings (SSSR count). The highest BCUT2D eigenvalue weighted by Crippen LogP contribution is 2.24. The van der Waals surface area contributed by atoms with Gasteiger partial charge >= 0.3 is 0 Å². The molecule has 1 amide bonds. The monoisotopic (exact) mass is 531 g/mol. The van der Waals surface area contributed by atoms with E-state index in [9.17, 15) is 13.2 Å². The van der Waals surface area contributed by atoms with Crippen LogP contribution in [0.2, 0.25) is 0 Å². The molecule has 1 atom stereocenters. The molecule has 0 fully saturated rings. The lowest BCUT2D eigenvalue weighted by molar-refractivity contribution is -0.121. The number of carbonyl (C=O) groups excluding carboxylic acids is 1. The van der Waals surface area contributed by atoms with Crippen molar-refractivity contribution in [2.75, 3.05) is 17.7 Å². The van der Waals surface area contributed by atoms with Gasteiger partial charge in [0.15, 0.2) is 0 Å². The molecule has 9 heteroatoms. The fraction of sp³-hybridized carbons (Fsp3) is 0.172. The van der Waals surface area contributed by atoms with Crippen molar-refractivity contribution in [3.05, 3.63) is 102 Å². The van der Waals surface area contributed by atoms with Gasteiger partial charge in [-0.1, -0.05) is 36.4 Å². The summed E-state index contributed by atoms with van der Waals surface area (Å²) in [6.07, 6.45) is 2.53. The number of fused-ring (bicyclic) bond motifs is 1. The third kappa shape index (κ3) is 6.68. The van der Waals surface area contributed by atoms with Crippen LogP contribution in [-0.2, 0) is 21.4 Å². The Morgan fingerprint density at radius 1 is 0.947 bits per heavy atom. The molecule has 0 saturated carbocycles. The number of methoxy groups -OCH3 is 1. The van der Waals surface area contributed by atoms with E-state index in [2.05, 4.69) is 34.8 Å². The van der Waals surface area contributed by atoms with Gasteiger partial charge in [0.1, 0.15) is 24.1 Å².